The zero-order chi connectivity index (χ0) is 18.4. The molecule has 3 unspecified atom stereocenters. The molecule has 0 aromatic heterocycles. The molecule has 3 N–H and O–H groups in total. The van der Waals surface area contributed by atoms with Crippen LogP contribution in [0, 0.1) is 5.92 Å². The van der Waals surface area contributed by atoms with Crippen molar-refractivity contribution in [1.82, 2.24) is 10.2 Å². The summed E-state index contributed by atoms with van der Waals surface area (Å²) in [5.74, 6) is 0.512. The molecule has 6 heteroatoms. The monoisotopic (exact) mass is 353 g/mol. The van der Waals surface area contributed by atoms with Gasteiger partial charge in [0.1, 0.15) is 0 Å². The third-order valence-electron chi connectivity index (χ3n) is 5.36. The van der Waals surface area contributed by atoms with Crippen LogP contribution in [0.3, 0.4) is 0 Å². The number of hydrogen-bond acceptors (Lipinski definition) is 3. The minimum absolute atomic E-state index is 0.0634. The second kappa shape index (κ2) is 8.88. The lowest BCUT2D eigenvalue weighted by atomic mass is 9.82. The Labute approximate surface area is 151 Å². The highest BCUT2D eigenvalue weighted by Crippen LogP contribution is 2.30. The van der Waals surface area contributed by atoms with Crippen LogP contribution in [0.2, 0.25) is 0 Å². The van der Waals surface area contributed by atoms with Gasteiger partial charge in [0.25, 0.3) is 0 Å². The van der Waals surface area contributed by atoms with Gasteiger partial charge >= 0.3 is 6.09 Å². The highest BCUT2D eigenvalue weighted by atomic mass is 16.4. The number of aliphatic hydroxyl groups is 1. The molecular weight excluding hydrogens is 318 g/mol. The van der Waals surface area contributed by atoms with E-state index in [0.29, 0.717) is 5.92 Å². The number of aliphatic hydroxyl groups excluding tert-OH is 1. The summed E-state index contributed by atoms with van der Waals surface area (Å²) in [6.45, 7) is 7.00. The quantitative estimate of drug-likeness (QED) is 0.505. The summed E-state index contributed by atoms with van der Waals surface area (Å²) >= 11 is 0. The topological polar surface area (TPSA) is 85.2 Å². The van der Waals surface area contributed by atoms with E-state index < -0.39 is 18.2 Å². The zero-order valence-electron chi connectivity index (χ0n) is 15.9. The Morgan fingerprint density at radius 3 is 2.52 bits per heavy atom. The molecule has 144 valence electrons. The van der Waals surface area contributed by atoms with Crippen LogP contribution in [-0.2, 0) is 0 Å². The Hall–Kier alpha value is -1.30. The molecule has 0 bridgehead atoms. The maximum atomic E-state index is 11.2. The van der Waals surface area contributed by atoms with Crippen LogP contribution in [0.15, 0.2) is 4.99 Å². The summed E-state index contributed by atoms with van der Waals surface area (Å²) in [7, 11) is 0. The van der Waals surface area contributed by atoms with Gasteiger partial charge in [0.05, 0.1) is 30.1 Å². The molecule has 1 aliphatic carbocycles. The van der Waals surface area contributed by atoms with E-state index in [2.05, 4.69) is 15.2 Å². The Kier molecular flexibility index (Phi) is 7.11. The number of carboxylic acid groups (broad SMARTS) is 1. The number of nitrogens with one attached hydrogen (secondary N) is 1. The van der Waals surface area contributed by atoms with Crippen LogP contribution in [0.1, 0.15) is 72.1 Å². The molecule has 1 aliphatic heterocycles. The number of amides is 1. The molecule has 0 radical (unpaired) electrons. The van der Waals surface area contributed by atoms with E-state index in [1.54, 1.807) is 0 Å². The summed E-state index contributed by atoms with van der Waals surface area (Å²) in [4.78, 5) is 17.9. The Bertz CT molecular complexity index is 455. The number of nitrogens with zero attached hydrogens (tertiary/aromatic N) is 2. The molecule has 25 heavy (non-hydrogen) atoms. The fraction of sp³-hybridized carbons (Fsp3) is 0.895. The van der Waals surface area contributed by atoms with Crippen LogP contribution in [0.4, 0.5) is 4.79 Å². The van der Waals surface area contributed by atoms with Crippen molar-refractivity contribution in [2.75, 3.05) is 6.54 Å². The van der Waals surface area contributed by atoms with Gasteiger partial charge in [-0.3, -0.25) is 4.99 Å². The standard InChI is InChI=1S/C19H35N3O3/c1-19(2,3)20-13-22-11-7-10-16(22)17(23)15(21-18(24)25)12-14-8-5-4-6-9-14/h13-17,21,23H,4-12H2,1-3H3,(H,24,25)/b20-13+. The summed E-state index contributed by atoms with van der Waals surface area (Å²) in [5, 5.41) is 22.8. The Morgan fingerprint density at radius 2 is 1.92 bits per heavy atom. The van der Waals surface area contributed by atoms with Gasteiger partial charge in [0.15, 0.2) is 0 Å². The van der Waals surface area contributed by atoms with Crippen molar-refractivity contribution in [2.45, 2.75) is 95.9 Å². The lowest BCUT2D eigenvalue weighted by molar-refractivity contribution is 0.0549. The molecule has 6 nitrogen and oxygen atoms in total. The van der Waals surface area contributed by atoms with Gasteiger partial charge in [0.2, 0.25) is 0 Å². The number of rotatable bonds is 6. The van der Waals surface area contributed by atoms with E-state index in [9.17, 15) is 15.0 Å². The molecule has 3 atom stereocenters. The second-order valence-electron chi connectivity index (χ2n) is 8.65. The molecule has 0 aromatic rings. The molecule has 0 spiro atoms. The minimum Gasteiger partial charge on any atom is -0.465 e. The van der Waals surface area contributed by atoms with Crippen molar-refractivity contribution in [2.24, 2.45) is 10.9 Å². The predicted molar refractivity (Wildman–Crippen MR) is 100 cm³/mol. The summed E-state index contributed by atoms with van der Waals surface area (Å²) in [6.07, 6.45) is 8.70. The first-order valence-corrected chi connectivity index (χ1v) is 9.75. The summed E-state index contributed by atoms with van der Waals surface area (Å²) in [5.41, 5.74) is -0.154. The van der Waals surface area contributed by atoms with Gasteiger partial charge in [-0.1, -0.05) is 32.1 Å². The lowest BCUT2D eigenvalue weighted by Crippen LogP contribution is -2.52. The Balaban J connectivity index is 2.03. The van der Waals surface area contributed by atoms with Gasteiger partial charge in [-0.2, -0.15) is 0 Å². The molecule has 1 amide bonds. The predicted octanol–water partition coefficient (Wildman–Crippen LogP) is 3.25. The van der Waals surface area contributed by atoms with Gasteiger partial charge in [0, 0.05) is 6.54 Å². The van der Waals surface area contributed by atoms with Crippen molar-refractivity contribution in [1.29, 1.82) is 0 Å². The van der Waals surface area contributed by atoms with Crippen LogP contribution in [0.5, 0.6) is 0 Å². The van der Waals surface area contributed by atoms with Crippen molar-refractivity contribution >= 4 is 12.4 Å². The minimum atomic E-state index is -1.05. The van der Waals surface area contributed by atoms with Crippen LogP contribution in [-0.4, -0.2) is 57.8 Å². The van der Waals surface area contributed by atoms with E-state index in [4.69, 9.17) is 0 Å². The molecule has 1 heterocycles. The van der Waals surface area contributed by atoms with Crippen LogP contribution in [0.25, 0.3) is 0 Å². The molecule has 1 saturated carbocycles. The average molecular weight is 354 g/mol. The third-order valence-corrected chi connectivity index (χ3v) is 5.36. The van der Waals surface area contributed by atoms with Crippen LogP contribution < -0.4 is 5.32 Å². The largest absolute Gasteiger partial charge is 0.465 e. The zero-order valence-corrected chi connectivity index (χ0v) is 15.9. The number of likely N-dealkylation sites (tertiary alicyclic amines) is 1. The second-order valence-corrected chi connectivity index (χ2v) is 8.65. The van der Waals surface area contributed by atoms with E-state index in [-0.39, 0.29) is 11.6 Å². The first-order chi connectivity index (χ1) is 11.8. The fourth-order valence-electron chi connectivity index (χ4n) is 4.06. The normalized spacial score (nSPS) is 25.3. The molecule has 2 aliphatic rings. The van der Waals surface area contributed by atoms with Gasteiger partial charge < -0.3 is 20.4 Å². The Morgan fingerprint density at radius 1 is 1.24 bits per heavy atom. The SMILES string of the molecule is CC(C)(C)/N=C/N1CCCC1C(O)C(CC1CCCCC1)NC(=O)O. The highest BCUT2D eigenvalue weighted by molar-refractivity contribution is 5.65. The number of aliphatic imine (C=N–C) groups is 1. The average Bonchev–Trinajstić information content (AvgIpc) is 3.00. The molecule has 1 saturated heterocycles. The number of hydrogen-bond donors (Lipinski definition) is 3. The van der Waals surface area contributed by atoms with E-state index in [1.807, 2.05) is 27.1 Å². The maximum Gasteiger partial charge on any atom is 0.404 e. The van der Waals surface area contributed by atoms with Crippen molar-refractivity contribution in [3.63, 3.8) is 0 Å². The molecule has 2 rings (SSSR count). The van der Waals surface area contributed by atoms with Crippen molar-refractivity contribution < 1.29 is 15.0 Å². The van der Waals surface area contributed by atoms with Crippen molar-refractivity contribution in [3.05, 3.63) is 0 Å². The first kappa shape index (κ1) is 20.0. The van der Waals surface area contributed by atoms with E-state index in [1.165, 1.54) is 19.3 Å². The lowest BCUT2D eigenvalue weighted by Gasteiger charge is -2.35. The maximum absolute atomic E-state index is 11.2. The van der Waals surface area contributed by atoms with Gasteiger partial charge in [-0.05, 0) is 46.0 Å². The molecule has 2 fully saturated rings. The molecular formula is C19H35N3O3. The highest BCUT2D eigenvalue weighted by Gasteiger charge is 2.36. The first-order valence-electron chi connectivity index (χ1n) is 9.75. The molecule has 0 aromatic carbocycles. The number of carbonyl (C=O) groups is 1. The van der Waals surface area contributed by atoms with Crippen LogP contribution >= 0.6 is 0 Å². The van der Waals surface area contributed by atoms with Crippen molar-refractivity contribution in [3.8, 4) is 0 Å². The summed E-state index contributed by atoms with van der Waals surface area (Å²) < 4.78 is 0. The van der Waals surface area contributed by atoms with Gasteiger partial charge in [-0.15, -0.1) is 0 Å². The third kappa shape index (κ3) is 6.49. The van der Waals surface area contributed by atoms with E-state index >= 15 is 0 Å². The van der Waals surface area contributed by atoms with Gasteiger partial charge in [-0.25, -0.2) is 4.79 Å². The van der Waals surface area contributed by atoms with E-state index in [0.717, 1.165) is 38.6 Å². The summed E-state index contributed by atoms with van der Waals surface area (Å²) in [6, 6.07) is -0.472. The smallest absolute Gasteiger partial charge is 0.404 e. The fourth-order valence-corrected chi connectivity index (χ4v) is 4.06.